The van der Waals surface area contributed by atoms with Gasteiger partial charge in [-0.25, -0.2) is 4.79 Å². The van der Waals surface area contributed by atoms with Crippen molar-refractivity contribution >= 4 is 23.6 Å². The minimum atomic E-state index is -0.966. The lowest BCUT2D eigenvalue weighted by molar-refractivity contribution is -0.141. The topological polar surface area (TPSA) is 122 Å². The second kappa shape index (κ2) is 6.90. The van der Waals surface area contributed by atoms with E-state index in [9.17, 15) is 14.4 Å². The Hall–Kier alpha value is -2.61. The highest BCUT2D eigenvalue weighted by Crippen LogP contribution is 2.16. The van der Waals surface area contributed by atoms with E-state index in [0.717, 1.165) is 0 Å². The number of morpholine rings is 1. The van der Waals surface area contributed by atoms with E-state index < -0.39 is 18.1 Å². The Morgan fingerprint density at radius 3 is 2.86 bits per heavy atom. The molecule has 1 atom stereocenters. The molecule has 1 unspecified atom stereocenters. The quantitative estimate of drug-likeness (QED) is 0.747. The number of urea groups is 1. The number of ether oxygens (including phenoxy) is 1. The summed E-state index contributed by atoms with van der Waals surface area (Å²) in [6.07, 6.45) is -0.658. The molecule has 0 bridgehead atoms. The molecule has 1 aromatic carbocycles. The molecule has 118 valence electrons. The monoisotopic (exact) mass is 307 g/mol. The van der Waals surface area contributed by atoms with Crippen molar-refractivity contribution in [1.82, 2.24) is 4.90 Å². The number of carbonyl (C=O) groups is 3. The molecule has 2 rings (SSSR count). The zero-order valence-corrected chi connectivity index (χ0v) is 11.8. The summed E-state index contributed by atoms with van der Waals surface area (Å²) < 4.78 is 5.33. The van der Waals surface area contributed by atoms with Crippen LogP contribution in [0.1, 0.15) is 16.8 Å². The van der Waals surface area contributed by atoms with Crippen molar-refractivity contribution in [2.75, 3.05) is 25.0 Å². The number of rotatable bonds is 4. The van der Waals surface area contributed by atoms with Crippen LogP contribution in [0.2, 0.25) is 0 Å². The van der Waals surface area contributed by atoms with E-state index in [-0.39, 0.29) is 18.9 Å². The summed E-state index contributed by atoms with van der Waals surface area (Å²) in [5.74, 6) is -1.21. The second-order valence-electron chi connectivity index (χ2n) is 4.91. The molecule has 1 aromatic rings. The van der Waals surface area contributed by atoms with Crippen molar-refractivity contribution in [3.8, 4) is 0 Å². The van der Waals surface area contributed by atoms with Gasteiger partial charge >= 0.3 is 12.0 Å². The van der Waals surface area contributed by atoms with Gasteiger partial charge in [-0.3, -0.25) is 9.59 Å². The summed E-state index contributed by atoms with van der Waals surface area (Å²) in [6, 6.07) is 5.68. The number of hydrogen-bond donors (Lipinski definition) is 3. The van der Waals surface area contributed by atoms with Crippen LogP contribution in [0.15, 0.2) is 24.3 Å². The Balaban J connectivity index is 2.07. The van der Waals surface area contributed by atoms with Gasteiger partial charge in [-0.15, -0.1) is 0 Å². The molecule has 0 saturated carbocycles. The highest BCUT2D eigenvalue weighted by Gasteiger charge is 2.26. The van der Waals surface area contributed by atoms with Crippen LogP contribution < -0.4 is 11.1 Å². The molecule has 4 N–H and O–H groups in total. The predicted octanol–water partition coefficient (Wildman–Crippen LogP) is 0.493. The molecular formula is C14H17N3O5. The van der Waals surface area contributed by atoms with E-state index in [0.29, 0.717) is 24.4 Å². The number of amides is 3. The van der Waals surface area contributed by atoms with Crippen molar-refractivity contribution in [3.05, 3.63) is 29.8 Å². The summed E-state index contributed by atoms with van der Waals surface area (Å²) >= 11 is 0. The van der Waals surface area contributed by atoms with Crippen LogP contribution in [0.3, 0.4) is 0 Å². The maximum absolute atomic E-state index is 12.4. The number of primary amides is 1. The fourth-order valence-corrected chi connectivity index (χ4v) is 2.28. The smallest absolute Gasteiger partial charge is 0.316 e. The SMILES string of the molecule is NC(=O)Nc1cccc(C(=O)N2CCOC(CC(=O)O)C2)c1. The number of aliphatic carboxylic acids is 1. The second-order valence-corrected chi connectivity index (χ2v) is 4.91. The first-order valence-corrected chi connectivity index (χ1v) is 6.75. The van der Waals surface area contributed by atoms with Gasteiger partial charge < -0.3 is 25.8 Å². The Bertz CT molecular complexity index is 590. The van der Waals surface area contributed by atoms with Crippen LogP contribution in [0.4, 0.5) is 10.5 Å². The molecule has 22 heavy (non-hydrogen) atoms. The van der Waals surface area contributed by atoms with E-state index in [2.05, 4.69) is 5.32 Å². The molecule has 1 aliphatic heterocycles. The lowest BCUT2D eigenvalue weighted by atomic mass is 10.1. The van der Waals surface area contributed by atoms with E-state index in [1.165, 1.54) is 6.07 Å². The van der Waals surface area contributed by atoms with Crippen molar-refractivity contribution in [3.63, 3.8) is 0 Å². The summed E-state index contributed by atoms with van der Waals surface area (Å²) in [7, 11) is 0. The van der Waals surface area contributed by atoms with E-state index in [1.807, 2.05) is 0 Å². The van der Waals surface area contributed by atoms with Gasteiger partial charge in [0.05, 0.1) is 19.1 Å². The first-order valence-electron chi connectivity index (χ1n) is 6.75. The average molecular weight is 307 g/mol. The van der Waals surface area contributed by atoms with Gasteiger partial charge in [0.25, 0.3) is 5.91 Å². The van der Waals surface area contributed by atoms with Crippen LogP contribution in [0.5, 0.6) is 0 Å². The molecule has 1 saturated heterocycles. The molecule has 0 radical (unpaired) electrons. The fraction of sp³-hybridized carbons (Fsp3) is 0.357. The molecule has 0 aromatic heterocycles. The number of carbonyl (C=O) groups excluding carboxylic acids is 2. The Labute approximate surface area is 126 Å². The Morgan fingerprint density at radius 2 is 2.18 bits per heavy atom. The molecule has 8 heteroatoms. The van der Waals surface area contributed by atoms with Gasteiger partial charge in [0.15, 0.2) is 0 Å². The van der Waals surface area contributed by atoms with Gasteiger partial charge in [-0.05, 0) is 18.2 Å². The largest absolute Gasteiger partial charge is 0.481 e. The fourth-order valence-electron chi connectivity index (χ4n) is 2.28. The van der Waals surface area contributed by atoms with E-state index in [4.69, 9.17) is 15.6 Å². The molecule has 0 aliphatic carbocycles. The van der Waals surface area contributed by atoms with Gasteiger partial charge in [0.1, 0.15) is 0 Å². The molecule has 0 spiro atoms. The molecule has 8 nitrogen and oxygen atoms in total. The molecular weight excluding hydrogens is 290 g/mol. The first kappa shape index (κ1) is 15.8. The lowest BCUT2D eigenvalue weighted by Crippen LogP contribution is -2.46. The summed E-state index contributed by atoms with van der Waals surface area (Å²) in [4.78, 5) is 35.6. The average Bonchev–Trinajstić information content (AvgIpc) is 2.45. The Kier molecular flexibility index (Phi) is 4.95. The minimum absolute atomic E-state index is 0.146. The van der Waals surface area contributed by atoms with Crippen molar-refractivity contribution < 1.29 is 24.2 Å². The number of nitrogens with zero attached hydrogens (tertiary/aromatic N) is 1. The number of hydrogen-bond acceptors (Lipinski definition) is 4. The maximum Gasteiger partial charge on any atom is 0.316 e. The lowest BCUT2D eigenvalue weighted by Gasteiger charge is -2.32. The van der Waals surface area contributed by atoms with Crippen molar-refractivity contribution in [1.29, 1.82) is 0 Å². The predicted molar refractivity (Wildman–Crippen MR) is 77.5 cm³/mol. The first-order chi connectivity index (χ1) is 10.5. The van der Waals surface area contributed by atoms with E-state index in [1.54, 1.807) is 23.1 Å². The van der Waals surface area contributed by atoms with Crippen LogP contribution in [0.25, 0.3) is 0 Å². The van der Waals surface area contributed by atoms with Gasteiger partial charge in [0, 0.05) is 24.3 Å². The third-order valence-corrected chi connectivity index (χ3v) is 3.21. The third-order valence-electron chi connectivity index (χ3n) is 3.21. The number of nitrogens with two attached hydrogens (primary N) is 1. The van der Waals surface area contributed by atoms with Gasteiger partial charge in [0.2, 0.25) is 0 Å². The molecule has 1 heterocycles. The zero-order valence-electron chi connectivity index (χ0n) is 11.8. The number of nitrogens with one attached hydrogen (secondary N) is 1. The molecule has 1 aliphatic rings. The number of benzene rings is 1. The van der Waals surface area contributed by atoms with Crippen LogP contribution in [0, 0.1) is 0 Å². The summed E-state index contributed by atoms with van der Waals surface area (Å²) in [6.45, 7) is 0.907. The van der Waals surface area contributed by atoms with Crippen molar-refractivity contribution in [2.45, 2.75) is 12.5 Å². The number of carboxylic acid groups (broad SMARTS) is 1. The number of anilines is 1. The highest BCUT2D eigenvalue weighted by atomic mass is 16.5. The summed E-state index contributed by atoms with van der Waals surface area (Å²) in [5.41, 5.74) is 5.86. The zero-order chi connectivity index (χ0) is 16.1. The Morgan fingerprint density at radius 1 is 1.41 bits per heavy atom. The van der Waals surface area contributed by atoms with E-state index >= 15 is 0 Å². The van der Waals surface area contributed by atoms with Crippen molar-refractivity contribution in [2.24, 2.45) is 5.73 Å². The van der Waals surface area contributed by atoms with Gasteiger partial charge in [-0.2, -0.15) is 0 Å². The molecule has 1 fully saturated rings. The summed E-state index contributed by atoms with van der Waals surface area (Å²) in [5, 5.41) is 11.2. The standard InChI is InChI=1S/C14H17N3O5/c15-14(21)16-10-3-1-2-9(6-10)13(20)17-4-5-22-11(8-17)7-12(18)19/h1-3,6,11H,4-5,7-8H2,(H,18,19)(H3,15,16,21). The van der Waals surface area contributed by atoms with Gasteiger partial charge in [-0.1, -0.05) is 6.07 Å². The highest BCUT2D eigenvalue weighted by molar-refractivity contribution is 5.96. The van der Waals surface area contributed by atoms with Crippen LogP contribution in [-0.4, -0.2) is 53.7 Å². The maximum atomic E-state index is 12.4. The minimum Gasteiger partial charge on any atom is -0.481 e. The normalized spacial score (nSPS) is 17.8. The third kappa shape index (κ3) is 4.19. The molecule has 3 amide bonds. The van der Waals surface area contributed by atoms with Crippen LogP contribution in [-0.2, 0) is 9.53 Å². The van der Waals surface area contributed by atoms with Crippen LogP contribution >= 0.6 is 0 Å². The number of carboxylic acids is 1.